The van der Waals surface area contributed by atoms with Gasteiger partial charge >= 0.3 is 5.91 Å². The monoisotopic (exact) mass is 167 g/mol. The number of hydrogen-bond acceptors (Lipinski definition) is 2. The van der Waals surface area contributed by atoms with Gasteiger partial charge in [0.1, 0.15) is 0 Å². The molecule has 3 nitrogen and oxygen atoms in total. The largest absolute Gasteiger partial charge is 0.305 e. The quantitative estimate of drug-likeness (QED) is 0.500. The van der Waals surface area contributed by atoms with Crippen molar-refractivity contribution in [3.63, 3.8) is 0 Å². The molecule has 66 valence electrons. The van der Waals surface area contributed by atoms with Crippen LogP contribution in [-0.2, 0) is 9.59 Å². The maximum absolute atomic E-state index is 11.1. The molecule has 0 spiro atoms. The van der Waals surface area contributed by atoms with Crippen molar-refractivity contribution in [2.24, 2.45) is 0 Å². The molecule has 0 aliphatic rings. The fraction of sp³-hybridized carbons (Fsp3) is 0.556. The maximum atomic E-state index is 11.1. The summed E-state index contributed by atoms with van der Waals surface area (Å²) in [5.74, 6) is 1.00. The summed E-state index contributed by atoms with van der Waals surface area (Å²) in [6.07, 6.45) is 4.91. The lowest BCUT2D eigenvalue weighted by atomic mass is 10.1. The van der Waals surface area contributed by atoms with Crippen LogP contribution in [-0.4, -0.2) is 22.3 Å². The number of hydrogen-bond donors (Lipinski definition) is 0. The first-order chi connectivity index (χ1) is 5.30. The van der Waals surface area contributed by atoms with Gasteiger partial charge in [0.15, 0.2) is 0 Å². The number of amides is 2. The maximum Gasteiger partial charge on any atom is 0.305 e. The van der Waals surface area contributed by atoms with Crippen LogP contribution in [0.2, 0.25) is 0 Å². The van der Waals surface area contributed by atoms with E-state index in [1.54, 1.807) is 20.8 Å². The minimum absolute atomic E-state index is 0.328. The van der Waals surface area contributed by atoms with E-state index in [1.165, 1.54) is 6.92 Å². The molecule has 12 heavy (non-hydrogen) atoms. The molecule has 0 aromatic carbocycles. The zero-order chi connectivity index (χ0) is 9.94. The highest BCUT2D eigenvalue weighted by Gasteiger charge is 2.28. The molecule has 0 N–H and O–H groups in total. The van der Waals surface area contributed by atoms with Gasteiger partial charge in [0.25, 0.3) is 0 Å². The molecule has 0 saturated carbocycles. The highest BCUT2D eigenvalue weighted by Crippen LogP contribution is 2.13. The summed E-state index contributed by atoms with van der Waals surface area (Å²) in [6, 6.07) is 0. The molecule has 0 heterocycles. The minimum Gasteiger partial charge on any atom is -0.275 e. The van der Waals surface area contributed by atoms with Crippen LogP contribution in [0.5, 0.6) is 0 Å². The predicted octanol–water partition coefficient (Wildman–Crippen LogP) is 0.793. The number of rotatable bonds is 0. The molecule has 3 heteroatoms. The van der Waals surface area contributed by atoms with Crippen molar-refractivity contribution in [2.45, 2.75) is 33.2 Å². The molecule has 0 aliphatic carbocycles. The molecule has 2 amide bonds. The topological polar surface area (TPSA) is 37.4 Å². The SMILES string of the molecule is C#CC(=O)N(C(C)=O)C(C)(C)C. The molecular weight excluding hydrogens is 154 g/mol. The van der Waals surface area contributed by atoms with E-state index < -0.39 is 11.4 Å². The van der Waals surface area contributed by atoms with Crippen LogP contribution in [0.1, 0.15) is 27.7 Å². The third kappa shape index (κ3) is 2.39. The van der Waals surface area contributed by atoms with Crippen LogP contribution >= 0.6 is 0 Å². The van der Waals surface area contributed by atoms with Crippen molar-refractivity contribution in [1.82, 2.24) is 4.90 Å². The Bertz CT molecular complexity index is 242. The van der Waals surface area contributed by atoms with E-state index in [-0.39, 0.29) is 5.91 Å². The van der Waals surface area contributed by atoms with Crippen LogP contribution in [0.4, 0.5) is 0 Å². The lowest BCUT2D eigenvalue weighted by molar-refractivity contribution is -0.145. The average Bonchev–Trinajstić information content (AvgIpc) is 1.83. The standard InChI is InChI=1S/C9H13NO2/c1-6-8(12)10(7(2)11)9(3,4)5/h1H,2-5H3. The van der Waals surface area contributed by atoms with Crippen LogP contribution in [0.3, 0.4) is 0 Å². The van der Waals surface area contributed by atoms with Gasteiger partial charge in [0, 0.05) is 12.5 Å². The Morgan fingerprint density at radius 2 is 1.75 bits per heavy atom. The van der Waals surface area contributed by atoms with Crippen LogP contribution < -0.4 is 0 Å². The minimum atomic E-state index is -0.588. The fourth-order valence-electron chi connectivity index (χ4n) is 0.985. The van der Waals surface area contributed by atoms with E-state index in [0.29, 0.717) is 0 Å². The third-order valence-corrected chi connectivity index (χ3v) is 1.31. The summed E-state index contributed by atoms with van der Waals surface area (Å²) >= 11 is 0. The fourth-order valence-corrected chi connectivity index (χ4v) is 0.985. The highest BCUT2D eigenvalue weighted by molar-refractivity contribution is 6.04. The summed E-state index contributed by atoms with van der Waals surface area (Å²) in [5, 5.41) is 0. The second kappa shape index (κ2) is 3.40. The molecule has 0 aromatic rings. The molecule has 0 atom stereocenters. The van der Waals surface area contributed by atoms with Gasteiger partial charge in [-0.1, -0.05) is 0 Å². The van der Waals surface area contributed by atoms with Crippen molar-refractivity contribution in [3.8, 4) is 12.3 Å². The van der Waals surface area contributed by atoms with Crippen LogP contribution in [0.15, 0.2) is 0 Å². The summed E-state index contributed by atoms with van der Waals surface area (Å²) in [4.78, 5) is 23.1. The second-order valence-electron chi connectivity index (χ2n) is 3.47. The zero-order valence-electron chi connectivity index (χ0n) is 7.84. The van der Waals surface area contributed by atoms with Crippen molar-refractivity contribution in [2.75, 3.05) is 0 Å². The number of carbonyl (C=O) groups excluding carboxylic acids is 2. The lowest BCUT2D eigenvalue weighted by Crippen LogP contribution is -2.47. The first-order valence-corrected chi connectivity index (χ1v) is 3.62. The number of imide groups is 1. The summed E-state index contributed by atoms with van der Waals surface area (Å²) < 4.78 is 0. The van der Waals surface area contributed by atoms with E-state index in [2.05, 4.69) is 0 Å². The summed E-state index contributed by atoms with van der Waals surface area (Å²) in [7, 11) is 0. The van der Waals surface area contributed by atoms with E-state index in [4.69, 9.17) is 6.42 Å². The number of nitrogens with zero attached hydrogens (tertiary/aromatic N) is 1. The molecule has 0 fully saturated rings. The third-order valence-electron chi connectivity index (χ3n) is 1.31. The molecule has 0 bridgehead atoms. The van der Waals surface area contributed by atoms with Gasteiger partial charge in [-0.25, -0.2) is 0 Å². The van der Waals surface area contributed by atoms with Gasteiger partial charge in [-0.05, 0) is 26.7 Å². The Kier molecular flexibility index (Phi) is 3.03. The van der Waals surface area contributed by atoms with Crippen molar-refractivity contribution >= 4 is 11.8 Å². The molecule has 0 aromatic heterocycles. The van der Waals surface area contributed by atoms with E-state index in [1.807, 2.05) is 5.92 Å². The van der Waals surface area contributed by atoms with Gasteiger partial charge in [0.2, 0.25) is 5.91 Å². The Hall–Kier alpha value is -1.30. The molecule has 0 rings (SSSR count). The van der Waals surface area contributed by atoms with E-state index in [9.17, 15) is 9.59 Å². The van der Waals surface area contributed by atoms with Gasteiger partial charge in [-0.2, -0.15) is 0 Å². The zero-order valence-corrected chi connectivity index (χ0v) is 7.84. The number of terminal acetylenes is 1. The first-order valence-electron chi connectivity index (χ1n) is 3.62. The van der Waals surface area contributed by atoms with E-state index in [0.717, 1.165) is 4.90 Å². The van der Waals surface area contributed by atoms with Crippen molar-refractivity contribution < 1.29 is 9.59 Å². The lowest BCUT2D eigenvalue weighted by Gasteiger charge is -2.30. The first kappa shape index (κ1) is 10.7. The van der Waals surface area contributed by atoms with E-state index >= 15 is 0 Å². The Morgan fingerprint density at radius 3 is 1.83 bits per heavy atom. The second-order valence-corrected chi connectivity index (χ2v) is 3.47. The van der Waals surface area contributed by atoms with Crippen molar-refractivity contribution in [3.05, 3.63) is 0 Å². The Morgan fingerprint density at radius 1 is 1.33 bits per heavy atom. The predicted molar refractivity (Wildman–Crippen MR) is 46.1 cm³/mol. The van der Waals surface area contributed by atoms with Gasteiger partial charge in [0.05, 0.1) is 0 Å². The summed E-state index contributed by atoms with van der Waals surface area (Å²) in [5.41, 5.74) is -0.546. The number of carbonyl (C=O) groups is 2. The van der Waals surface area contributed by atoms with Gasteiger partial charge in [-0.3, -0.25) is 14.5 Å². The molecule has 0 saturated heterocycles. The van der Waals surface area contributed by atoms with Gasteiger partial charge in [-0.15, -0.1) is 6.42 Å². The summed E-state index contributed by atoms with van der Waals surface area (Å²) in [6.45, 7) is 6.58. The van der Waals surface area contributed by atoms with Crippen molar-refractivity contribution in [1.29, 1.82) is 0 Å². The molecular formula is C9H13NO2. The normalized spacial score (nSPS) is 10.2. The smallest absolute Gasteiger partial charge is 0.275 e. The average molecular weight is 167 g/mol. The molecule has 0 radical (unpaired) electrons. The highest BCUT2D eigenvalue weighted by atomic mass is 16.2. The van der Waals surface area contributed by atoms with Gasteiger partial charge < -0.3 is 0 Å². The Labute approximate surface area is 72.7 Å². The van der Waals surface area contributed by atoms with Crippen LogP contribution in [0.25, 0.3) is 0 Å². The molecule has 0 aliphatic heterocycles. The Balaban J connectivity index is 4.84. The molecule has 0 unspecified atom stereocenters. The van der Waals surface area contributed by atoms with Crippen LogP contribution in [0, 0.1) is 12.3 Å².